The van der Waals surface area contributed by atoms with Gasteiger partial charge in [-0.15, -0.1) is 0 Å². The SMILES string of the molecule is OC[C@H]1O[C@@H](Oc2ccc(C3Oc4cc(O[C@@H]5O[C@H](CO)[C@@H](O)[C@H](O)[C@H]5O)cc(CCc5ccc(O)cc5)c4C3c3cc(O)cc(O)c3)cc2)[C@H](O)[C@@H](O)[C@@H]1O. The molecule has 3 aliphatic heterocycles. The number of fused-ring (bicyclic) bond motifs is 1. The first-order valence-corrected chi connectivity index (χ1v) is 18.0. The summed E-state index contributed by atoms with van der Waals surface area (Å²) in [6.45, 7) is -1.27. The molecule has 0 aromatic heterocycles. The van der Waals surface area contributed by atoms with Crippen molar-refractivity contribution >= 4 is 0 Å². The van der Waals surface area contributed by atoms with Gasteiger partial charge < -0.3 is 79.9 Å². The number of aromatic hydroxyl groups is 3. The number of benzene rings is 4. The Morgan fingerprint density at radius 3 is 1.62 bits per heavy atom. The minimum Gasteiger partial charge on any atom is -0.508 e. The molecular formula is C40H44O16. The molecule has 56 heavy (non-hydrogen) atoms. The Morgan fingerprint density at radius 2 is 1.07 bits per heavy atom. The Morgan fingerprint density at radius 1 is 0.518 bits per heavy atom. The van der Waals surface area contributed by atoms with Crippen molar-refractivity contribution in [2.24, 2.45) is 0 Å². The van der Waals surface area contributed by atoms with Crippen molar-refractivity contribution in [3.05, 3.63) is 107 Å². The molecule has 16 heteroatoms. The highest BCUT2D eigenvalue weighted by Crippen LogP contribution is 2.53. The highest BCUT2D eigenvalue weighted by molar-refractivity contribution is 5.58. The molecule has 3 aliphatic rings. The van der Waals surface area contributed by atoms with Crippen molar-refractivity contribution in [3.63, 3.8) is 0 Å². The molecule has 7 rings (SSSR count). The first kappa shape index (κ1) is 39.5. The van der Waals surface area contributed by atoms with E-state index < -0.39 is 86.6 Å². The lowest BCUT2D eigenvalue weighted by Gasteiger charge is -2.39. The third-order valence-corrected chi connectivity index (χ3v) is 10.4. The molecule has 0 radical (unpaired) electrons. The molecule has 16 nitrogen and oxygen atoms in total. The van der Waals surface area contributed by atoms with E-state index in [-0.39, 0.29) is 28.7 Å². The van der Waals surface area contributed by atoms with Gasteiger partial charge in [0.05, 0.1) is 19.1 Å². The van der Waals surface area contributed by atoms with Crippen LogP contribution in [-0.2, 0) is 22.3 Å². The minimum absolute atomic E-state index is 0.106. The summed E-state index contributed by atoms with van der Waals surface area (Å²) in [5.74, 6) is -0.203. The number of ether oxygens (including phenoxy) is 5. The summed E-state index contributed by atoms with van der Waals surface area (Å²) in [5.41, 5.74) is 3.39. The van der Waals surface area contributed by atoms with Crippen LogP contribution in [0.5, 0.6) is 34.5 Å². The smallest absolute Gasteiger partial charge is 0.229 e. The van der Waals surface area contributed by atoms with Crippen molar-refractivity contribution in [2.45, 2.75) is 86.3 Å². The summed E-state index contributed by atoms with van der Waals surface area (Å²) in [7, 11) is 0. The lowest BCUT2D eigenvalue weighted by molar-refractivity contribution is -0.277. The summed E-state index contributed by atoms with van der Waals surface area (Å²) >= 11 is 0. The fourth-order valence-corrected chi connectivity index (χ4v) is 7.41. The Hall–Kier alpha value is -4.72. The number of aliphatic hydroxyl groups is 8. The van der Waals surface area contributed by atoms with Gasteiger partial charge in [0.15, 0.2) is 0 Å². The molecule has 0 bridgehead atoms. The third kappa shape index (κ3) is 7.94. The van der Waals surface area contributed by atoms with Gasteiger partial charge in [-0.2, -0.15) is 0 Å². The molecule has 12 atom stereocenters. The largest absolute Gasteiger partial charge is 0.508 e. The second kappa shape index (κ2) is 16.4. The zero-order chi connectivity index (χ0) is 39.8. The molecule has 4 aromatic rings. The van der Waals surface area contributed by atoms with Gasteiger partial charge in [-0.05, 0) is 77.6 Å². The van der Waals surface area contributed by atoms with Crippen molar-refractivity contribution < 1.29 is 79.9 Å². The van der Waals surface area contributed by atoms with Gasteiger partial charge in [-0.3, -0.25) is 0 Å². The van der Waals surface area contributed by atoms with Crippen LogP contribution in [0, 0.1) is 0 Å². The zero-order valence-corrected chi connectivity index (χ0v) is 29.7. The van der Waals surface area contributed by atoms with Gasteiger partial charge >= 0.3 is 0 Å². The van der Waals surface area contributed by atoms with Gasteiger partial charge in [0, 0.05) is 17.7 Å². The highest BCUT2D eigenvalue weighted by Gasteiger charge is 2.47. The molecule has 0 amide bonds. The summed E-state index contributed by atoms with van der Waals surface area (Å²) in [6.07, 6.45) is -14.9. The van der Waals surface area contributed by atoms with Crippen LogP contribution in [0.2, 0.25) is 0 Å². The van der Waals surface area contributed by atoms with Crippen LogP contribution in [-0.4, -0.2) is 131 Å². The number of phenolic OH excluding ortho intramolecular Hbond substituents is 3. The monoisotopic (exact) mass is 780 g/mol. The second-order valence-corrected chi connectivity index (χ2v) is 14.2. The first-order valence-electron chi connectivity index (χ1n) is 18.0. The molecule has 4 aromatic carbocycles. The molecule has 11 N–H and O–H groups in total. The van der Waals surface area contributed by atoms with Crippen molar-refractivity contribution in [3.8, 4) is 34.5 Å². The third-order valence-electron chi connectivity index (χ3n) is 10.4. The molecule has 0 saturated carbocycles. The summed E-state index contributed by atoms with van der Waals surface area (Å²) in [5, 5.41) is 113. The zero-order valence-electron chi connectivity index (χ0n) is 29.7. The van der Waals surface area contributed by atoms with E-state index in [9.17, 15) is 56.2 Å². The molecule has 3 heterocycles. The van der Waals surface area contributed by atoms with Gasteiger partial charge in [-0.1, -0.05) is 24.3 Å². The van der Waals surface area contributed by atoms with Crippen molar-refractivity contribution in [2.75, 3.05) is 13.2 Å². The number of phenols is 3. The molecular weight excluding hydrogens is 736 g/mol. The van der Waals surface area contributed by atoms with Gasteiger partial charge in [0.25, 0.3) is 0 Å². The summed E-state index contributed by atoms with van der Waals surface area (Å²) in [4.78, 5) is 0. The molecule has 300 valence electrons. The van der Waals surface area contributed by atoms with Crippen LogP contribution in [0.3, 0.4) is 0 Å². The van der Waals surface area contributed by atoms with Crippen molar-refractivity contribution in [1.29, 1.82) is 0 Å². The Labute approximate surface area is 320 Å². The Kier molecular flexibility index (Phi) is 11.6. The normalized spacial score (nSPS) is 31.4. The maximum Gasteiger partial charge on any atom is 0.229 e. The van der Waals surface area contributed by atoms with E-state index in [4.69, 9.17) is 23.7 Å². The van der Waals surface area contributed by atoms with Crippen LogP contribution < -0.4 is 14.2 Å². The fraction of sp³-hybridized carbons (Fsp3) is 0.400. The predicted octanol–water partition coefficient (Wildman–Crippen LogP) is 0.212. The topological polar surface area (TPSA) is 269 Å². The Bertz CT molecular complexity index is 1930. The van der Waals surface area contributed by atoms with Crippen LogP contribution in [0.15, 0.2) is 78.9 Å². The van der Waals surface area contributed by atoms with Crippen LogP contribution >= 0.6 is 0 Å². The number of hydrogen-bond donors (Lipinski definition) is 11. The van der Waals surface area contributed by atoms with E-state index in [1.807, 2.05) is 0 Å². The Balaban J connectivity index is 1.25. The van der Waals surface area contributed by atoms with E-state index in [1.165, 1.54) is 18.2 Å². The molecule has 0 spiro atoms. The quantitative estimate of drug-likeness (QED) is 0.0972. The molecule has 0 aliphatic carbocycles. The molecule has 2 fully saturated rings. The predicted molar refractivity (Wildman–Crippen MR) is 192 cm³/mol. The average molecular weight is 781 g/mol. The van der Waals surface area contributed by atoms with Crippen molar-refractivity contribution in [1.82, 2.24) is 0 Å². The maximum absolute atomic E-state index is 10.7. The minimum atomic E-state index is -1.68. The number of hydrogen-bond acceptors (Lipinski definition) is 16. The maximum atomic E-state index is 10.7. The van der Waals surface area contributed by atoms with E-state index in [0.29, 0.717) is 40.8 Å². The molecule has 2 saturated heterocycles. The lowest BCUT2D eigenvalue weighted by atomic mass is 9.81. The fourth-order valence-electron chi connectivity index (χ4n) is 7.41. The van der Waals surface area contributed by atoms with E-state index >= 15 is 0 Å². The second-order valence-electron chi connectivity index (χ2n) is 14.2. The molecule has 2 unspecified atom stereocenters. The van der Waals surface area contributed by atoms with E-state index in [1.54, 1.807) is 60.7 Å². The number of rotatable bonds is 11. The van der Waals surface area contributed by atoms with E-state index in [0.717, 1.165) is 5.56 Å². The van der Waals surface area contributed by atoms with Crippen LogP contribution in [0.4, 0.5) is 0 Å². The lowest BCUT2D eigenvalue weighted by Crippen LogP contribution is -2.60. The van der Waals surface area contributed by atoms with Gasteiger partial charge in [-0.25, -0.2) is 0 Å². The summed E-state index contributed by atoms with van der Waals surface area (Å²) < 4.78 is 29.6. The van der Waals surface area contributed by atoms with E-state index in [2.05, 4.69) is 0 Å². The number of aliphatic hydroxyl groups excluding tert-OH is 8. The van der Waals surface area contributed by atoms with Crippen LogP contribution in [0.1, 0.15) is 39.8 Å². The first-order chi connectivity index (χ1) is 26.8. The average Bonchev–Trinajstić information content (AvgIpc) is 3.57. The van der Waals surface area contributed by atoms with Crippen LogP contribution in [0.25, 0.3) is 0 Å². The highest BCUT2D eigenvalue weighted by atomic mass is 16.7. The standard InChI is InChI=1S/C40H44O16/c41-16-28-32(46)34(48)36(50)39(55-28)52-25-9-5-19(6-10-25)38-31(21-11-23(44)14-24(45)12-21)30-20(4-1-18-2-7-22(43)8-3-18)13-26(15-27(30)54-38)53-40-37(51)35(49)33(47)29(17-42)56-40/h2-3,5-15,28-29,31-51H,1,4,16-17H2/t28-,29-,31?,32-,33-,34+,35+,36-,37-,38?,39-,40-/m1/s1. The summed E-state index contributed by atoms with van der Waals surface area (Å²) in [6, 6.07) is 20.7. The van der Waals surface area contributed by atoms with Gasteiger partial charge in [0.1, 0.15) is 89.4 Å². The number of aryl methyl sites for hydroxylation is 2. The van der Waals surface area contributed by atoms with Gasteiger partial charge in [0.2, 0.25) is 12.6 Å².